The van der Waals surface area contributed by atoms with E-state index >= 15 is 0 Å². The first kappa shape index (κ1) is 17.2. The number of nitro benzene ring substituents is 1. The van der Waals surface area contributed by atoms with Crippen LogP contribution in [-0.4, -0.2) is 42.3 Å². The van der Waals surface area contributed by atoms with E-state index in [9.17, 15) is 10.1 Å². The fraction of sp³-hybridized carbons (Fsp3) is 0.300. The van der Waals surface area contributed by atoms with Crippen molar-refractivity contribution >= 4 is 5.69 Å². The Balaban J connectivity index is 1.74. The van der Waals surface area contributed by atoms with Gasteiger partial charge in [-0.25, -0.2) is 0 Å². The van der Waals surface area contributed by atoms with E-state index in [1.54, 1.807) is 12.1 Å². The van der Waals surface area contributed by atoms with E-state index in [0.717, 1.165) is 55.0 Å². The smallest absolute Gasteiger partial charge is 0.269 e. The molecule has 1 aliphatic heterocycles. The van der Waals surface area contributed by atoms with E-state index in [1.165, 1.54) is 0 Å². The van der Waals surface area contributed by atoms with Crippen molar-refractivity contribution in [1.82, 2.24) is 0 Å². The molecular weight excluding hydrogens is 316 g/mol. The maximum atomic E-state index is 10.8. The number of morpholine rings is 1. The summed E-state index contributed by atoms with van der Waals surface area (Å²) in [7, 11) is 0. The zero-order valence-corrected chi connectivity index (χ0v) is 14.1. The molecule has 0 amide bonds. The maximum Gasteiger partial charge on any atom is 0.269 e. The number of benzene rings is 2. The Kier molecular flexibility index (Phi) is 5.44. The predicted molar refractivity (Wildman–Crippen MR) is 95.8 cm³/mol. The Morgan fingerprint density at radius 2 is 1.72 bits per heavy atom. The lowest BCUT2D eigenvalue weighted by Gasteiger charge is -2.40. The van der Waals surface area contributed by atoms with Gasteiger partial charge in [-0.3, -0.25) is 10.1 Å². The molecule has 1 heterocycles. The van der Waals surface area contributed by atoms with Crippen molar-refractivity contribution < 1.29 is 14.1 Å². The van der Waals surface area contributed by atoms with Gasteiger partial charge in [-0.2, -0.15) is 0 Å². The second kappa shape index (κ2) is 7.93. The van der Waals surface area contributed by atoms with Gasteiger partial charge in [0.1, 0.15) is 26.2 Å². The number of nitrogens with zero attached hydrogens (tertiary/aromatic N) is 2. The second-order valence-corrected chi connectivity index (χ2v) is 6.31. The quantitative estimate of drug-likeness (QED) is 0.373. The summed E-state index contributed by atoms with van der Waals surface area (Å²) in [6, 6.07) is 16.8. The van der Waals surface area contributed by atoms with E-state index < -0.39 is 0 Å². The lowest BCUT2D eigenvalue weighted by molar-refractivity contribution is -0.941. The molecule has 0 N–H and O–H groups in total. The largest absolute Gasteiger partial charge is 0.370 e. The fourth-order valence-electron chi connectivity index (χ4n) is 3.04. The SMILES string of the molecule is O=[N+]([O-])c1ccc(C[N+]2(CC#Cc3ccccc3)CCOCC2)cc1. The van der Waals surface area contributed by atoms with Crippen molar-refractivity contribution in [2.75, 3.05) is 32.8 Å². The molecule has 1 saturated heterocycles. The highest BCUT2D eigenvalue weighted by Gasteiger charge is 2.30. The lowest BCUT2D eigenvalue weighted by Crippen LogP contribution is -2.54. The summed E-state index contributed by atoms with van der Waals surface area (Å²) in [6.07, 6.45) is 0. The zero-order valence-electron chi connectivity index (χ0n) is 14.1. The molecule has 5 nitrogen and oxygen atoms in total. The molecule has 2 aromatic carbocycles. The van der Waals surface area contributed by atoms with Crippen LogP contribution in [0.3, 0.4) is 0 Å². The Hall–Kier alpha value is -2.68. The van der Waals surface area contributed by atoms with Gasteiger partial charge >= 0.3 is 0 Å². The van der Waals surface area contributed by atoms with Gasteiger partial charge in [0.05, 0.1) is 18.1 Å². The summed E-state index contributed by atoms with van der Waals surface area (Å²) < 4.78 is 6.36. The molecule has 1 fully saturated rings. The monoisotopic (exact) mass is 337 g/mol. The average Bonchev–Trinajstić information content (AvgIpc) is 2.64. The number of non-ortho nitro benzene ring substituents is 1. The maximum absolute atomic E-state index is 10.8. The Labute approximate surface area is 147 Å². The van der Waals surface area contributed by atoms with Gasteiger partial charge in [-0.1, -0.05) is 24.1 Å². The van der Waals surface area contributed by atoms with Crippen LogP contribution in [0, 0.1) is 22.0 Å². The summed E-state index contributed by atoms with van der Waals surface area (Å²) in [5, 5.41) is 10.8. The first-order valence-electron chi connectivity index (χ1n) is 8.37. The van der Waals surface area contributed by atoms with Gasteiger partial charge in [-0.05, 0) is 30.2 Å². The number of hydrogen-bond acceptors (Lipinski definition) is 3. The molecule has 0 atom stereocenters. The summed E-state index contributed by atoms with van der Waals surface area (Å²) in [5.74, 6) is 6.55. The number of hydrogen-bond donors (Lipinski definition) is 0. The molecule has 0 saturated carbocycles. The average molecular weight is 337 g/mol. The molecule has 0 aliphatic carbocycles. The Morgan fingerprint density at radius 3 is 2.36 bits per heavy atom. The summed E-state index contributed by atoms with van der Waals surface area (Å²) >= 11 is 0. The molecule has 3 rings (SSSR count). The van der Waals surface area contributed by atoms with Gasteiger partial charge in [0.25, 0.3) is 5.69 Å². The van der Waals surface area contributed by atoms with Gasteiger partial charge in [0.2, 0.25) is 0 Å². The molecule has 128 valence electrons. The first-order valence-corrected chi connectivity index (χ1v) is 8.37. The minimum atomic E-state index is -0.367. The molecule has 0 unspecified atom stereocenters. The van der Waals surface area contributed by atoms with E-state index in [-0.39, 0.29) is 10.6 Å². The van der Waals surface area contributed by atoms with Crippen molar-refractivity contribution in [2.24, 2.45) is 0 Å². The third kappa shape index (κ3) is 4.66. The van der Waals surface area contributed by atoms with Crippen molar-refractivity contribution in [1.29, 1.82) is 0 Å². The molecule has 2 aromatic rings. The highest BCUT2D eigenvalue weighted by molar-refractivity contribution is 5.34. The first-order chi connectivity index (χ1) is 12.2. The summed E-state index contributed by atoms with van der Waals surface area (Å²) in [5.41, 5.74) is 2.24. The molecule has 1 aliphatic rings. The van der Waals surface area contributed by atoms with Gasteiger partial charge in [-0.15, -0.1) is 0 Å². The second-order valence-electron chi connectivity index (χ2n) is 6.31. The number of ether oxygens (including phenoxy) is 1. The highest BCUT2D eigenvalue weighted by atomic mass is 16.6. The van der Waals surface area contributed by atoms with Crippen LogP contribution in [0.15, 0.2) is 54.6 Å². The van der Waals surface area contributed by atoms with Crippen molar-refractivity contribution in [3.63, 3.8) is 0 Å². The summed E-state index contributed by atoms with van der Waals surface area (Å²) in [4.78, 5) is 10.4. The molecule has 0 spiro atoms. The van der Waals surface area contributed by atoms with E-state index in [4.69, 9.17) is 4.74 Å². The van der Waals surface area contributed by atoms with Gasteiger partial charge < -0.3 is 9.22 Å². The van der Waals surface area contributed by atoms with Crippen molar-refractivity contribution in [2.45, 2.75) is 6.54 Å². The van der Waals surface area contributed by atoms with E-state index in [0.29, 0.717) is 0 Å². The molecule has 0 bridgehead atoms. The fourth-order valence-corrected chi connectivity index (χ4v) is 3.04. The van der Waals surface area contributed by atoms with Crippen LogP contribution in [0.25, 0.3) is 0 Å². The van der Waals surface area contributed by atoms with Crippen LogP contribution >= 0.6 is 0 Å². The van der Waals surface area contributed by atoms with Gasteiger partial charge in [0, 0.05) is 23.3 Å². The minimum absolute atomic E-state index is 0.126. The molecule has 25 heavy (non-hydrogen) atoms. The van der Waals surface area contributed by atoms with Crippen LogP contribution in [0.5, 0.6) is 0 Å². The van der Waals surface area contributed by atoms with Crippen LogP contribution in [0.2, 0.25) is 0 Å². The van der Waals surface area contributed by atoms with E-state index in [1.807, 2.05) is 42.5 Å². The number of quaternary nitrogens is 1. The topological polar surface area (TPSA) is 52.4 Å². The third-order valence-electron chi connectivity index (χ3n) is 4.51. The van der Waals surface area contributed by atoms with Crippen LogP contribution in [0.1, 0.15) is 11.1 Å². The summed E-state index contributed by atoms with van der Waals surface area (Å²) in [6.45, 7) is 4.81. The van der Waals surface area contributed by atoms with E-state index in [2.05, 4.69) is 11.8 Å². The Morgan fingerprint density at radius 1 is 1.04 bits per heavy atom. The standard InChI is InChI=1S/C20H21N2O3/c23-21(24)20-10-8-19(9-11-20)17-22(13-15-25-16-14-22)12-4-7-18-5-2-1-3-6-18/h1-3,5-6,8-11H,12-17H2/q+1. The normalized spacial score (nSPS) is 15.8. The van der Waals surface area contributed by atoms with Crippen LogP contribution in [-0.2, 0) is 11.3 Å². The number of rotatable bonds is 4. The lowest BCUT2D eigenvalue weighted by atomic mass is 10.1. The predicted octanol–water partition coefficient (Wildman–Crippen LogP) is 2.99. The van der Waals surface area contributed by atoms with Crippen molar-refractivity contribution in [3.8, 4) is 11.8 Å². The molecule has 0 radical (unpaired) electrons. The highest BCUT2D eigenvalue weighted by Crippen LogP contribution is 2.19. The molecule has 5 heteroatoms. The number of nitro groups is 1. The van der Waals surface area contributed by atoms with Crippen molar-refractivity contribution in [3.05, 3.63) is 75.8 Å². The molecule has 0 aromatic heterocycles. The van der Waals surface area contributed by atoms with Crippen LogP contribution < -0.4 is 0 Å². The molecular formula is C20H21N2O3+. The van der Waals surface area contributed by atoms with Gasteiger partial charge in [0.15, 0.2) is 0 Å². The minimum Gasteiger partial charge on any atom is -0.370 e. The Bertz CT molecular complexity index is 770. The third-order valence-corrected chi connectivity index (χ3v) is 4.51. The van der Waals surface area contributed by atoms with Crippen LogP contribution in [0.4, 0.5) is 5.69 Å². The zero-order chi connectivity index (χ0) is 17.5.